The molecule has 1 unspecified atom stereocenters. The van der Waals surface area contributed by atoms with Crippen molar-refractivity contribution in [1.82, 2.24) is 15.2 Å². The van der Waals surface area contributed by atoms with Gasteiger partial charge in [0.1, 0.15) is 0 Å². The zero-order valence-corrected chi connectivity index (χ0v) is 10.8. The lowest BCUT2D eigenvalue weighted by molar-refractivity contribution is 0.194. The van der Waals surface area contributed by atoms with E-state index in [4.69, 9.17) is 0 Å². The Hall–Kier alpha value is -0.450. The summed E-state index contributed by atoms with van der Waals surface area (Å²) < 4.78 is 0. The maximum absolute atomic E-state index is 4.33. The molecule has 0 aromatic carbocycles. The highest BCUT2D eigenvalue weighted by atomic mass is 32.1. The number of rotatable bonds is 5. The molecule has 0 radical (unpaired) electrons. The van der Waals surface area contributed by atoms with Gasteiger partial charge >= 0.3 is 0 Å². The molecule has 0 amide bonds. The second-order valence-electron chi connectivity index (χ2n) is 4.37. The first-order valence-electron chi connectivity index (χ1n) is 6.22. The minimum Gasteiger partial charge on any atom is -0.313 e. The Morgan fingerprint density at radius 2 is 2.56 bits per heavy atom. The highest BCUT2D eigenvalue weighted by Crippen LogP contribution is 2.12. The molecule has 0 bridgehead atoms. The van der Waals surface area contributed by atoms with Crippen LogP contribution in [-0.4, -0.2) is 42.1 Å². The molecular formula is C12H21N3S. The molecule has 1 saturated heterocycles. The summed E-state index contributed by atoms with van der Waals surface area (Å²) in [5.41, 5.74) is 0. The van der Waals surface area contributed by atoms with Crippen molar-refractivity contribution in [1.29, 1.82) is 0 Å². The maximum Gasteiger partial charge on any atom is 0.0937 e. The second kappa shape index (κ2) is 6.33. The molecule has 16 heavy (non-hydrogen) atoms. The van der Waals surface area contributed by atoms with E-state index >= 15 is 0 Å². The minimum absolute atomic E-state index is 0.704. The molecule has 0 aliphatic carbocycles. The number of hydrogen-bond acceptors (Lipinski definition) is 4. The van der Waals surface area contributed by atoms with Crippen LogP contribution in [0.5, 0.6) is 0 Å². The van der Waals surface area contributed by atoms with Gasteiger partial charge in [-0.2, -0.15) is 0 Å². The van der Waals surface area contributed by atoms with E-state index in [9.17, 15) is 0 Å². The summed E-state index contributed by atoms with van der Waals surface area (Å²) in [5.74, 6) is 0. The average molecular weight is 239 g/mol. The number of piperidine rings is 1. The first-order chi connectivity index (χ1) is 7.88. The van der Waals surface area contributed by atoms with Crippen LogP contribution in [0.2, 0.25) is 0 Å². The molecule has 1 N–H and O–H groups in total. The molecule has 2 rings (SSSR count). The Labute approximate surface area is 102 Å². The van der Waals surface area contributed by atoms with Crippen LogP contribution in [0.4, 0.5) is 0 Å². The predicted octanol–water partition coefficient (Wildman–Crippen LogP) is 1.76. The normalized spacial score (nSPS) is 22.4. The zero-order chi connectivity index (χ0) is 11.2. The third-order valence-electron chi connectivity index (χ3n) is 3.12. The first kappa shape index (κ1) is 12.0. The van der Waals surface area contributed by atoms with Crippen LogP contribution in [-0.2, 0) is 6.42 Å². The Balaban J connectivity index is 1.72. The third-order valence-corrected chi connectivity index (χ3v) is 3.96. The van der Waals surface area contributed by atoms with Gasteiger partial charge in [-0.25, -0.2) is 4.98 Å². The standard InChI is InChI=1S/C12H21N3S/c1-2-13-11-4-3-7-15(10-11)8-5-12-14-6-9-16-12/h6,9,11,13H,2-5,7-8,10H2,1H3. The molecule has 1 aliphatic rings. The molecule has 0 spiro atoms. The number of nitrogens with zero attached hydrogens (tertiary/aromatic N) is 2. The Bertz CT molecular complexity index is 284. The number of hydrogen-bond donors (Lipinski definition) is 1. The van der Waals surface area contributed by atoms with E-state index in [1.165, 1.54) is 30.9 Å². The van der Waals surface area contributed by atoms with Crippen molar-refractivity contribution in [3.8, 4) is 0 Å². The second-order valence-corrected chi connectivity index (χ2v) is 5.35. The number of nitrogens with one attached hydrogen (secondary N) is 1. The highest BCUT2D eigenvalue weighted by Gasteiger charge is 2.18. The van der Waals surface area contributed by atoms with Gasteiger partial charge in [0.05, 0.1) is 5.01 Å². The average Bonchev–Trinajstić information content (AvgIpc) is 2.80. The molecule has 1 aliphatic heterocycles. The fraction of sp³-hybridized carbons (Fsp3) is 0.750. The van der Waals surface area contributed by atoms with Crippen LogP contribution < -0.4 is 5.32 Å². The lowest BCUT2D eigenvalue weighted by Gasteiger charge is -2.32. The molecule has 90 valence electrons. The quantitative estimate of drug-likeness (QED) is 0.848. The topological polar surface area (TPSA) is 28.2 Å². The highest BCUT2D eigenvalue weighted by molar-refractivity contribution is 7.09. The molecule has 1 aromatic rings. The summed E-state index contributed by atoms with van der Waals surface area (Å²) in [4.78, 5) is 6.90. The van der Waals surface area contributed by atoms with Crippen LogP contribution in [0.15, 0.2) is 11.6 Å². The third kappa shape index (κ3) is 3.54. The minimum atomic E-state index is 0.704. The SMILES string of the molecule is CCNC1CCCN(CCc2nccs2)C1. The van der Waals surface area contributed by atoms with Gasteiger partial charge in [-0.05, 0) is 25.9 Å². The van der Waals surface area contributed by atoms with Gasteiger partial charge in [0.2, 0.25) is 0 Å². The van der Waals surface area contributed by atoms with Gasteiger partial charge in [0, 0.05) is 37.1 Å². The van der Waals surface area contributed by atoms with Crippen LogP contribution in [0.1, 0.15) is 24.8 Å². The molecule has 4 heteroatoms. The van der Waals surface area contributed by atoms with E-state index < -0.39 is 0 Å². The van der Waals surface area contributed by atoms with Gasteiger partial charge < -0.3 is 10.2 Å². The van der Waals surface area contributed by atoms with E-state index in [0.717, 1.165) is 19.5 Å². The van der Waals surface area contributed by atoms with Crippen LogP contribution >= 0.6 is 11.3 Å². The lowest BCUT2D eigenvalue weighted by Crippen LogP contribution is -2.46. The van der Waals surface area contributed by atoms with Crippen LogP contribution in [0, 0.1) is 0 Å². The Morgan fingerprint density at radius 3 is 3.31 bits per heavy atom. The maximum atomic E-state index is 4.33. The van der Waals surface area contributed by atoms with Crippen molar-refractivity contribution in [2.75, 3.05) is 26.2 Å². The van der Waals surface area contributed by atoms with Gasteiger partial charge in [0.15, 0.2) is 0 Å². The molecule has 1 fully saturated rings. The van der Waals surface area contributed by atoms with Crippen LogP contribution in [0.3, 0.4) is 0 Å². The summed E-state index contributed by atoms with van der Waals surface area (Å²) >= 11 is 1.77. The number of aromatic nitrogens is 1. The van der Waals surface area contributed by atoms with Crippen molar-refractivity contribution in [3.05, 3.63) is 16.6 Å². The van der Waals surface area contributed by atoms with E-state index in [1.54, 1.807) is 11.3 Å². The van der Waals surface area contributed by atoms with Crippen molar-refractivity contribution < 1.29 is 0 Å². The van der Waals surface area contributed by atoms with Gasteiger partial charge in [-0.15, -0.1) is 11.3 Å². The number of likely N-dealkylation sites (tertiary alicyclic amines) is 1. The summed E-state index contributed by atoms with van der Waals surface area (Å²) in [6.07, 6.45) is 5.67. The fourth-order valence-corrected chi connectivity index (χ4v) is 2.95. The Kier molecular flexibility index (Phi) is 4.75. The summed E-state index contributed by atoms with van der Waals surface area (Å²) in [5, 5.41) is 6.88. The number of likely N-dealkylation sites (N-methyl/N-ethyl adjacent to an activating group) is 1. The molecule has 2 heterocycles. The van der Waals surface area contributed by atoms with Gasteiger partial charge in [-0.3, -0.25) is 0 Å². The molecule has 1 atom stereocenters. The van der Waals surface area contributed by atoms with Crippen molar-refractivity contribution in [2.24, 2.45) is 0 Å². The van der Waals surface area contributed by atoms with Gasteiger partial charge in [-0.1, -0.05) is 6.92 Å². The molecule has 0 saturated carbocycles. The summed E-state index contributed by atoms with van der Waals surface area (Å²) in [6.45, 7) is 6.90. The summed E-state index contributed by atoms with van der Waals surface area (Å²) in [7, 11) is 0. The van der Waals surface area contributed by atoms with Crippen LogP contribution in [0.25, 0.3) is 0 Å². The van der Waals surface area contributed by atoms with Gasteiger partial charge in [0.25, 0.3) is 0 Å². The lowest BCUT2D eigenvalue weighted by atomic mass is 10.1. The molecular weight excluding hydrogens is 218 g/mol. The largest absolute Gasteiger partial charge is 0.313 e. The first-order valence-corrected chi connectivity index (χ1v) is 7.10. The molecule has 1 aromatic heterocycles. The zero-order valence-electron chi connectivity index (χ0n) is 9.98. The summed E-state index contributed by atoms with van der Waals surface area (Å²) in [6, 6.07) is 0.704. The predicted molar refractivity (Wildman–Crippen MR) is 69.0 cm³/mol. The van der Waals surface area contributed by atoms with E-state index in [-0.39, 0.29) is 0 Å². The Morgan fingerprint density at radius 1 is 1.62 bits per heavy atom. The van der Waals surface area contributed by atoms with E-state index in [0.29, 0.717) is 6.04 Å². The van der Waals surface area contributed by atoms with Crippen molar-refractivity contribution >= 4 is 11.3 Å². The van der Waals surface area contributed by atoms with E-state index in [1.807, 2.05) is 6.20 Å². The fourth-order valence-electron chi connectivity index (χ4n) is 2.34. The van der Waals surface area contributed by atoms with Crippen molar-refractivity contribution in [2.45, 2.75) is 32.2 Å². The molecule has 3 nitrogen and oxygen atoms in total. The monoisotopic (exact) mass is 239 g/mol. The number of thiazole rings is 1. The smallest absolute Gasteiger partial charge is 0.0937 e. The van der Waals surface area contributed by atoms with E-state index in [2.05, 4.69) is 27.5 Å². The van der Waals surface area contributed by atoms with Crippen molar-refractivity contribution in [3.63, 3.8) is 0 Å².